The van der Waals surface area contributed by atoms with Gasteiger partial charge in [0.25, 0.3) is 0 Å². The molecule has 0 heterocycles. The molecule has 0 saturated carbocycles. The average molecular weight is 342 g/mol. The van der Waals surface area contributed by atoms with Gasteiger partial charge in [-0.3, -0.25) is 4.79 Å². The smallest absolute Gasteiger partial charge is 0.195 e. The number of carbonyl (C=O) groups excluding carboxylic acids is 1. The van der Waals surface area contributed by atoms with E-state index in [0.717, 1.165) is 12.8 Å². The Morgan fingerprint density at radius 2 is 1.52 bits per heavy atom. The topological polar surface area (TPSA) is 37.3 Å². The van der Waals surface area contributed by atoms with Gasteiger partial charge < -0.3 is 5.11 Å². The number of carbonyl (C=O) groups is 1. The van der Waals surface area contributed by atoms with Crippen LogP contribution in [0.4, 0.5) is 4.39 Å². The normalized spacial score (nSPS) is 12.1. The van der Waals surface area contributed by atoms with Crippen LogP contribution in [0.2, 0.25) is 0 Å². The van der Waals surface area contributed by atoms with Crippen molar-refractivity contribution in [2.75, 3.05) is 0 Å². The molecule has 25 heavy (non-hydrogen) atoms. The summed E-state index contributed by atoms with van der Waals surface area (Å²) in [6.07, 6.45) is 7.33. The Balaban J connectivity index is 1.86. The molecule has 134 valence electrons. The van der Waals surface area contributed by atoms with Crippen LogP contribution in [0.3, 0.4) is 0 Å². The van der Waals surface area contributed by atoms with Gasteiger partial charge in [0.1, 0.15) is 11.9 Å². The summed E-state index contributed by atoms with van der Waals surface area (Å²) in [6.45, 7) is 2.22. The lowest BCUT2D eigenvalue weighted by Gasteiger charge is -2.10. The van der Waals surface area contributed by atoms with Gasteiger partial charge in [-0.2, -0.15) is 0 Å². The van der Waals surface area contributed by atoms with E-state index in [4.69, 9.17) is 0 Å². The Morgan fingerprint density at radius 3 is 2.16 bits per heavy atom. The van der Waals surface area contributed by atoms with E-state index < -0.39 is 6.10 Å². The molecule has 0 bridgehead atoms. The molecule has 2 aromatic carbocycles. The van der Waals surface area contributed by atoms with Crippen molar-refractivity contribution in [3.05, 3.63) is 71.0 Å². The van der Waals surface area contributed by atoms with E-state index in [-0.39, 0.29) is 11.6 Å². The number of rotatable bonds is 10. The van der Waals surface area contributed by atoms with Gasteiger partial charge in [0, 0.05) is 5.56 Å². The Bertz CT molecular complexity index is 647. The van der Waals surface area contributed by atoms with Crippen LogP contribution in [0.5, 0.6) is 0 Å². The molecule has 0 aliphatic carbocycles. The molecule has 2 aromatic rings. The van der Waals surface area contributed by atoms with E-state index in [1.54, 1.807) is 12.1 Å². The van der Waals surface area contributed by atoms with Crippen molar-refractivity contribution in [3.8, 4) is 0 Å². The Kier molecular flexibility index (Phi) is 7.80. The number of Topliss-reactive ketones (excluding diaryl/α,β-unsaturated/α-hetero) is 1. The number of ketones is 1. The van der Waals surface area contributed by atoms with Crippen molar-refractivity contribution in [2.45, 2.75) is 58.0 Å². The van der Waals surface area contributed by atoms with E-state index >= 15 is 0 Å². The van der Waals surface area contributed by atoms with Gasteiger partial charge in [0.2, 0.25) is 0 Å². The molecule has 0 spiro atoms. The summed E-state index contributed by atoms with van der Waals surface area (Å²) in [5.41, 5.74) is 2.09. The summed E-state index contributed by atoms with van der Waals surface area (Å²) in [4.78, 5) is 12.4. The lowest BCUT2D eigenvalue weighted by atomic mass is 9.98. The Hall–Kier alpha value is -2.00. The van der Waals surface area contributed by atoms with Gasteiger partial charge in [-0.15, -0.1) is 0 Å². The summed E-state index contributed by atoms with van der Waals surface area (Å²) in [5, 5.41) is 10.2. The molecule has 1 atom stereocenters. The SMILES string of the molecule is CCCCCCCCc1ccc(C(=O)C(O)c2ccc(F)cc2)cc1. The zero-order valence-corrected chi connectivity index (χ0v) is 14.9. The molecular weight excluding hydrogens is 315 g/mol. The summed E-state index contributed by atoms with van der Waals surface area (Å²) < 4.78 is 12.9. The van der Waals surface area contributed by atoms with Crippen LogP contribution in [0.1, 0.15) is 73.0 Å². The summed E-state index contributed by atoms with van der Waals surface area (Å²) in [7, 11) is 0. The highest BCUT2D eigenvalue weighted by Crippen LogP contribution is 2.20. The number of hydrogen-bond acceptors (Lipinski definition) is 2. The zero-order valence-electron chi connectivity index (χ0n) is 14.9. The first-order valence-electron chi connectivity index (χ1n) is 9.18. The molecule has 3 heteroatoms. The first kappa shape index (κ1) is 19.3. The van der Waals surface area contributed by atoms with Crippen LogP contribution < -0.4 is 0 Å². The van der Waals surface area contributed by atoms with Crippen molar-refractivity contribution >= 4 is 5.78 Å². The predicted molar refractivity (Wildman–Crippen MR) is 99.2 cm³/mol. The standard InChI is InChI=1S/C22H27FO2/c1-2-3-4-5-6-7-8-17-9-11-18(12-10-17)21(24)22(25)19-13-15-20(23)16-14-19/h9-16,22,25H,2-8H2,1H3. The van der Waals surface area contributed by atoms with E-state index in [1.807, 2.05) is 12.1 Å². The van der Waals surface area contributed by atoms with Crippen LogP contribution in [0.15, 0.2) is 48.5 Å². The molecule has 1 N–H and O–H groups in total. The summed E-state index contributed by atoms with van der Waals surface area (Å²) in [6, 6.07) is 12.8. The number of halogens is 1. The molecule has 0 fully saturated rings. The highest BCUT2D eigenvalue weighted by atomic mass is 19.1. The number of aliphatic hydroxyl groups excluding tert-OH is 1. The fraction of sp³-hybridized carbons (Fsp3) is 0.409. The van der Waals surface area contributed by atoms with Gasteiger partial charge in [0.05, 0.1) is 0 Å². The molecule has 2 rings (SSSR count). The monoisotopic (exact) mass is 342 g/mol. The summed E-state index contributed by atoms with van der Waals surface area (Å²) in [5.74, 6) is -0.750. The second-order valence-corrected chi connectivity index (χ2v) is 6.53. The second-order valence-electron chi connectivity index (χ2n) is 6.53. The summed E-state index contributed by atoms with van der Waals surface area (Å²) >= 11 is 0. The molecule has 0 aliphatic rings. The van der Waals surface area contributed by atoms with E-state index in [9.17, 15) is 14.3 Å². The maximum absolute atomic E-state index is 12.9. The van der Waals surface area contributed by atoms with Crippen LogP contribution >= 0.6 is 0 Å². The predicted octanol–water partition coefficient (Wildman–Crippen LogP) is 5.65. The number of hydrogen-bond donors (Lipinski definition) is 1. The van der Waals surface area contributed by atoms with Crippen molar-refractivity contribution in [2.24, 2.45) is 0 Å². The van der Waals surface area contributed by atoms with Crippen molar-refractivity contribution in [1.82, 2.24) is 0 Å². The lowest BCUT2D eigenvalue weighted by Crippen LogP contribution is -2.12. The lowest BCUT2D eigenvalue weighted by molar-refractivity contribution is 0.0747. The molecule has 0 aliphatic heterocycles. The Labute approximate surface area is 149 Å². The van der Waals surface area contributed by atoms with Crippen molar-refractivity contribution in [1.29, 1.82) is 0 Å². The van der Waals surface area contributed by atoms with Crippen molar-refractivity contribution < 1.29 is 14.3 Å². The molecule has 0 amide bonds. The number of aliphatic hydroxyl groups is 1. The van der Waals surface area contributed by atoms with E-state index in [2.05, 4.69) is 6.92 Å². The third-order valence-electron chi connectivity index (χ3n) is 4.49. The third kappa shape index (κ3) is 6.09. The third-order valence-corrected chi connectivity index (χ3v) is 4.49. The van der Waals surface area contributed by atoms with Crippen LogP contribution in [-0.2, 0) is 6.42 Å². The second kappa shape index (κ2) is 10.1. The maximum atomic E-state index is 12.9. The molecule has 0 radical (unpaired) electrons. The molecule has 0 aromatic heterocycles. The minimum absolute atomic E-state index is 0.363. The average Bonchev–Trinajstić information content (AvgIpc) is 2.64. The molecule has 2 nitrogen and oxygen atoms in total. The fourth-order valence-corrected chi connectivity index (χ4v) is 2.90. The zero-order chi connectivity index (χ0) is 18.1. The van der Waals surface area contributed by atoms with Gasteiger partial charge in [-0.05, 0) is 36.1 Å². The quantitative estimate of drug-likeness (QED) is 0.448. The molecule has 0 saturated heterocycles. The first-order valence-corrected chi connectivity index (χ1v) is 9.18. The largest absolute Gasteiger partial charge is 0.380 e. The molecular formula is C22H27FO2. The minimum Gasteiger partial charge on any atom is -0.380 e. The number of benzene rings is 2. The highest BCUT2D eigenvalue weighted by molar-refractivity contribution is 5.99. The van der Waals surface area contributed by atoms with Gasteiger partial charge in [0.15, 0.2) is 5.78 Å². The molecule has 1 unspecified atom stereocenters. The number of aryl methyl sites for hydroxylation is 1. The van der Waals surface area contributed by atoms with E-state index in [1.165, 1.54) is 61.9 Å². The van der Waals surface area contributed by atoms with Crippen LogP contribution in [0, 0.1) is 5.82 Å². The first-order chi connectivity index (χ1) is 12.1. The Morgan fingerprint density at radius 1 is 0.920 bits per heavy atom. The van der Waals surface area contributed by atoms with Crippen LogP contribution in [-0.4, -0.2) is 10.9 Å². The highest BCUT2D eigenvalue weighted by Gasteiger charge is 2.19. The van der Waals surface area contributed by atoms with E-state index in [0.29, 0.717) is 11.1 Å². The van der Waals surface area contributed by atoms with Crippen molar-refractivity contribution in [3.63, 3.8) is 0 Å². The fourth-order valence-electron chi connectivity index (χ4n) is 2.90. The van der Waals surface area contributed by atoms with Gasteiger partial charge in [-0.1, -0.05) is 75.4 Å². The minimum atomic E-state index is -1.26. The van der Waals surface area contributed by atoms with Crippen LogP contribution in [0.25, 0.3) is 0 Å². The number of unbranched alkanes of at least 4 members (excludes halogenated alkanes) is 5. The maximum Gasteiger partial charge on any atom is 0.195 e. The van der Waals surface area contributed by atoms with Gasteiger partial charge in [-0.25, -0.2) is 4.39 Å². The van der Waals surface area contributed by atoms with Gasteiger partial charge >= 0.3 is 0 Å².